The van der Waals surface area contributed by atoms with E-state index in [-0.39, 0.29) is 5.41 Å². The van der Waals surface area contributed by atoms with Crippen LogP contribution >= 0.6 is 24.0 Å². The summed E-state index contributed by atoms with van der Waals surface area (Å²) in [5, 5.41) is 4.23. The van der Waals surface area contributed by atoms with Crippen molar-refractivity contribution in [1.29, 1.82) is 0 Å². The molecule has 0 radical (unpaired) electrons. The summed E-state index contributed by atoms with van der Waals surface area (Å²) in [5.74, 6) is 2.34. The third kappa shape index (κ3) is 4.11. The fraction of sp³-hybridized carbons (Fsp3) is 0.533. The standard InChI is InChI=1S/C15H22N2S2/c1-15(2,3)12-5-4-6-13(11-12)16-14(18)17-7-9-19-10-8-17/h4-6,11H,7-10H2,1-3H3,(H,16,18). The first kappa shape index (κ1) is 14.7. The van der Waals surface area contributed by atoms with Crippen LogP contribution in [-0.4, -0.2) is 34.6 Å². The molecule has 1 aliphatic rings. The molecule has 4 heteroatoms. The zero-order valence-corrected chi connectivity index (χ0v) is 13.5. The molecule has 0 spiro atoms. The SMILES string of the molecule is CC(C)(C)c1cccc(NC(=S)N2CCSCC2)c1. The molecule has 1 N–H and O–H groups in total. The highest BCUT2D eigenvalue weighted by molar-refractivity contribution is 7.99. The molecule has 0 aliphatic carbocycles. The molecular formula is C15H22N2S2. The number of nitrogens with one attached hydrogen (secondary N) is 1. The fourth-order valence-corrected chi connectivity index (χ4v) is 3.24. The van der Waals surface area contributed by atoms with E-state index >= 15 is 0 Å². The second kappa shape index (κ2) is 6.14. The predicted molar refractivity (Wildman–Crippen MR) is 90.3 cm³/mol. The Morgan fingerprint density at radius 3 is 2.58 bits per heavy atom. The van der Waals surface area contributed by atoms with Crippen LogP contribution in [0.5, 0.6) is 0 Å². The average molecular weight is 294 g/mol. The molecule has 2 nitrogen and oxygen atoms in total. The van der Waals surface area contributed by atoms with Crippen LogP contribution < -0.4 is 5.32 Å². The van der Waals surface area contributed by atoms with Crippen molar-refractivity contribution in [2.45, 2.75) is 26.2 Å². The van der Waals surface area contributed by atoms with Crippen molar-refractivity contribution in [3.8, 4) is 0 Å². The fourth-order valence-electron chi connectivity index (χ4n) is 2.03. The Labute approximate surface area is 126 Å². The zero-order chi connectivity index (χ0) is 13.9. The number of rotatable bonds is 1. The van der Waals surface area contributed by atoms with Crippen molar-refractivity contribution in [3.63, 3.8) is 0 Å². The molecular weight excluding hydrogens is 272 g/mol. The molecule has 0 amide bonds. The lowest BCUT2D eigenvalue weighted by molar-refractivity contribution is 0.470. The first-order valence-electron chi connectivity index (χ1n) is 6.71. The Kier molecular flexibility index (Phi) is 4.74. The van der Waals surface area contributed by atoms with Crippen molar-refractivity contribution >= 4 is 34.8 Å². The van der Waals surface area contributed by atoms with E-state index in [0.717, 1.165) is 23.9 Å². The summed E-state index contributed by atoms with van der Waals surface area (Å²) >= 11 is 7.50. The van der Waals surface area contributed by atoms with E-state index in [2.05, 4.69) is 55.3 Å². The van der Waals surface area contributed by atoms with E-state index in [1.165, 1.54) is 17.1 Å². The van der Waals surface area contributed by atoms with E-state index in [4.69, 9.17) is 12.2 Å². The van der Waals surface area contributed by atoms with Gasteiger partial charge in [0, 0.05) is 30.3 Å². The minimum absolute atomic E-state index is 0.168. The van der Waals surface area contributed by atoms with E-state index in [1.54, 1.807) is 0 Å². The monoisotopic (exact) mass is 294 g/mol. The highest BCUT2D eigenvalue weighted by atomic mass is 32.2. The van der Waals surface area contributed by atoms with Gasteiger partial charge in [-0.3, -0.25) is 0 Å². The minimum Gasteiger partial charge on any atom is -0.347 e. The molecule has 0 saturated carbocycles. The molecule has 0 bridgehead atoms. The van der Waals surface area contributed by atoms with Crippen LogP contribution in [0, 0.1) is 0 Å². The Bertz CT molecular complexity index is 446. The van der Waals surface area contributed by atoms with Crippen molar-refractivity contribution in [2.75, 3.05) is 29.9 Å². The normalized spacial score (nSPS) is 16.3. The summed E-state index contributed by atoms with van der Waals surface area (Å²) in [4.78, 5) is 2.26. The van der Waals surface area contributed by atoms with Gasteiger partial charge in [-0.05, 0) is 35.3 Å². The van der Waals surface area contributed by atoms with Gasteiger partial charge in [0.1, 0.15) is 0 Å². The number of anilines is 1. The molecule has 2 rings (SSSR count). The molecule has 1 aliphatic heterocycles. The lowest BCUT2D eigenvalue weighted by atomic mass is 9.87. The van der Waals surface area contributed by atoms with Crippen LogP contribution in [0.15, 0.2) is 24.3 Å². The molecule has 1 fully saturated rings. The highest BCUT2D eigenvalue weighted by Gasteiger charge is 2.16. The molecule has 0 unspecified atom stereocenters. The van der Waals surface area contributed by atoms with Gasteiger partial charge in [-0.2, -0.15) is 11.8 Å². The maximum Gasteiger partial charge on any atom is 0.173 e. The van der Waals surface area contributed by atoms with Gasteiger partial charge in [0.05, 0.1) is 0 Å². The smallest absolute Gasteiger partial charge is 0.173 e. The van der Waals surface area contributed by atoms with E-state index in [9.17, 15) is 0 Å². The highest BCUT2D eigenvalue weighted by Crippen LogP contribution is 2.24. The number of thioether (sulfide) groups is 1. The van der Waals surface area contributed by atoms with E-state index < -0.39 is 0 Å². The summed E-state index contributed by atoms with van der Waals surface area (Å²) in [5.41, 5.74) is 2.59. The maximum atomic E-state index is 5.50. The van der Waals surface area contributed by atoms with Crippen LogP contribution in [0.3, 0.4) is 0 Å². The van der Waals surface area contributed by atoms with Crippen molar-refractivity contribution in [1.82, 2.24) is 4.90 Å². The topological polar surface area (TPSA) is 15.3 Å². The summed E-state index contributed by atoms with van der Waals surface area (Å²) in [6.07, 6.45) is 0. The van der Waals surface area contributed by atoms with Gasteiger partial charge in [-0.25, -0.2) is 0 Å². The number of hydrogen-bond acceptors (Lipinski definition) is 2. The quantitative estimate of drug-likeness (QED) is 0.794. The van der Waals surface area contributed by atoms with Crippen molar-refractivity contribution < 1.29 is 0 Å². The molecule has 1 aromatic rings. The predicted octanol–water partition coefficient (Wildman–Crippen LogP) is 3.73. The molecule has 19 heavy (non-hydrogen) atoms. The molecule has 1 saturated heterocycles. The first-order valence-corrected chi connectivity index (χ1v) is 8.27. The zero-order valence-electron chi connectivity index (χ0n) is 11.9. The number of benzene rings is 1. The van der Waals surface area contributed by atoms with E-state index in [0.29, 0.717) is 0 Å². The van der Waals surface area contributed by atoms with Gasteiger partial charge in [-0.1, -0.05) is 32.9 Å². The third-order valence-corrected chi connectivity index (χ3v) is 4.58. The summed E-state index contributed by atoms with van der Waals surface area (Å²) < 4.78 is 0. The van der Waals surface area contributed by atoms with Crippen molar-refractivity contribution in [2.24, 2.45) is 0 Å². The number of thiocarbonyl (C=S) groups is 1. The second-order valence-corrected chi connectivity index (χ2v) is 7.47. The lowest BCUT2D eigenvalue weighted by Gasteiger charge is -2.29. The van der Waals surface area contributed by atoms with Gasteiger partial charge < -0.3 is 10.2 Å². The average Bonchev–Trinajstić information content (AvgIpc) is 2.39. The Hall–Kier alpha value is -0.740. The molecule has 1 aromatic carbocycles. The van der Waals surface area contributed by atoms with Crippen LogP contribution in [0.2, 0.25) is 0 Å². The van der Waals surface area contributed by atoms with Crippen LogP contribution in [0.1, 0.15) is 26.3 Å². The second-order valence-electron chi connectivity index (χ2n) is 5.86. The lowest BCUT2D eigenvalue weighted by Crippen LogP contribution is -2.40. The first-order chi connectivity index (χ1) is 8.97. The van der Waals surface area contributed by atoms with Gasteiger partial charge >= 0.3 is 0 Å². The summed E-state index contributed by atoms with van der Waals surface area (Å²) in [6, 6.07) is 8.55. The van der Waals surface area contributed by atoms with Gasteiger partial charge in [-0.15, -0.1) is 0 Å². The molecule has 0 atom stereocenters. The van der Waals surface area contributed by atoms with Crippen LogP contribution in [-0.2, 0) is 5.41 Å². The van der Waals surface area contributed by atoms with Gasteiger partial charge in [0.25, 0.3) is 0 Å². The minimum atomic E-state index is 0.168. The summed E-state index contributed by atoms with van der Waals surface area (Å²) in [6.45, 7) is 8.79. The van der Waals surface area contributed by atoms with E-state index in [1.807, 2.05) is 11.8 Å². The Morgan fingerprint density at radius 2 is 1.95 bits per heavy atom. The van der Waals surface area contributed by atoms with Gasteiger partial charge in [0.15, 0.2) is 5.11 Å². The third-order valence-electron chi connectivity index (χ3n) is 3.28. The summed E-state index contributed by atoms with van der Waals surface area (Å²) in [7, 11) is 0. The maximum absolute atomic E-state index is 5.50. The largest absolute Gasteiger partial charge is 0.347 e. The number of nitrogens with zero attached hydrogens (tertiary/aromatic N) is 1. The molecule has 1 heterocycles. The van der Waals surface area contributed by atoms with Crippen molar-refractivity contribution in [3.05, 3.63) is 29.8 Å². The van der Waals surface area contributed by atoms with Crippen LogP contribution in [0.25, 0.3) is 0 Å². The molecule has 104 valence electrons. The van der Waals surface area contributed by atoms with Crippen LogP contribution in [0.4, 0.5) is 5.69 Å². The molecule has 0 aromatic heterocycles. The van der Waals surface area contributed by atoms with Gasteiger partial charge in [0.2, 0.25) is 0 Å². The number of hydrogen-bond donors (Lipinski definition) is 1. The Morgan fingerprint density at radius 1 is 1.26 bits per heavy atom. The Balaban J connectivity index is 2.04.